The monoisotopic (exact) mass is 240 g/mol. The molecule has 0 spiro atoms. The van der Waals surface area contributed by atoms with Crippen molar-refractivity contribution < 1.29 is 13.2 Å². The maximum atomic E-state index is 11.8. The Kier molecular flexibility index (Phi) is 2.93. The van der Waals surface area contributed by atoms with Crippen LogP contribution in [0.1, 0.15) is 6.42 Å². The van der Waals surface area contributed by atoms with Gasteiger partial charge in [-0.2, -0.15) is 4.72 Å². The van der Waals surface area contributed by atoms with Crippen LogP contribution >= 0.6 is 0 Å². The number of carbonyl (C=O) groups excluding carboxylic acids is 1. The van der Waals surface area contributed by atoms with Crippen LogP contribution in [-0.4, -0.2) is 26.9 Å². The zero-order valence-electron chi connectivity index (χ0n) is 8.51. The quantitative estimate of drug-likeness (QED) is 0.771. The standard InChI is InChI=1S/C10H12N2O3S/c13-10-9(6-7-11-10)12-16(14,15)8-4-2-1-3-5-8/h1-5,9,12H,6-7H2,(H,11,13). The Morgan fingerprint density at radius 1 is 1.25 bits per heavy atom. The van der Waals surface area contributed by atoms with Gasteiger partial charge in [0.1, 0.15) is 6.04 Å². The second-order valence-corrected chi connectivity index (χ2v) is 5.28. The highest BCUT2D eigenvalue weighted by Gasteiger charge is 2.28. The van der Waals surface area contributed by atoms with Gasteiger partial charge in [0.25, 0.3) is 0 Å². The number of hydrogen-bond acceptors (Lipinski definition) is 3. The highest BCUT2D eigenvalue weighted by Crippen LogP contribution is 2.10. The Balaban J connectivity index is 2.18. The van der Waals surface area contributed by atoms with Gasteiger partial charge in [-0.3, -0.25) is 4.79 Å². The molecule has 5 nitrogen and oxygen atoms in total. The van der Waals surface area contributed by atoms with E-state index in [1.54, 1.807) is 18.2 Å². The SMILES string of the molecule is O=C1NCCC1NS(=O)(=O)c1ccccc1. The molecule has 1 amide bonds. The van der Waals surface area contributed by atoms with Crippen LogP contribution in [0.25, 0.3) is 0 Å². The highest BCUT2D eigenvalue weighted by atomic mass is 32.2. The van der Waals surface area contributed by atoms with E-state index in [2.05, 4.69) is 10.0 Å². The van der Waals surface area contributed by atoms with E-state index in [1.807, 2.05) is 0 Å². The normalized spacial score (nSPS) is 20.8. The minimum absolute atomic E-state index is 0.176. The van der Waals surface area contributed by atoms with Gasteiger partial charge in [-0.15, -0.1) is 0 Å². The van der Waals surface area contributed by atoms with Crippen LogP contribution in [0.2, 0.25) is 0 Å². The molecule has 86 valence electrons. The first-order valence-corrected chi connectivity index (χ1v) is 6.43. The molecule has 1 aromatic carbocycles. The summed E-state index contributed by atoms with van der Waals surface area (Å²) >= 11 is 0. The average Bonchev–Trinajstić information content (AvgIpc) is 2.65. The van der Waals surface area contributed by atoms with Gasteiger partial charge in [0, 0.05) is 6.54 Å². The number of hydrogen-bond donors (Lipinski definition) is 2. The molecule has 0 saturated carbocycles. The van der Waals surface area contributed by atoms with Crippen LogP contribution in [0, 0.1) is 0 Å². The van der Waals surface area contributed by atoms with Crippen molar-refractivity contribution in [2.45, 2.75) is 17.4 Å². The minimum atomic E-state index is -3.59. The summed E-state index contributed by atoms with van der Waals surface area (Å²) in [5.74, 6) is -0.264. The highest BCUT2D eigenvalue weighted by molar-refractivity contribution is 7.89. The third-order valence-corrected chi connectivity index (χ3v) is 3.89. The van der Waals surface area contributed by atoms with Crippen LogP contribution < -0.4 is 10.0 Å². The molecule has 1 saturated heterocycles. The fourth-order valence-electron chi connectivity index (χ4n) is 1.56. The molecule has 0 radical (unpaired) electrons. The van der Waals surface area contributed by atoms with E-state index in [0.717, 1.165) is 0 Å². The smallest absolute Gasteiger partial charge is 0.241 e. The Bertz CT molecular complexity index is 484. The van der Waals surface area contributed by atoms with Crippen molar-refractivity contribution in [3.05, 3.63) is 30.3 Å². The number of amides is 1. The second kappa shape index (κ2) is 4.23. The molecule has 1 aliphatic heterocycles. The number of sulfonamides is 1. The van der Waals surface area contributed by atoms with Crippen molar-refractivity contribution in [1.29, 1.82) is 0 Å². The second-order valence-electron chi connectivity index (χ2n) is 3.57. The molecule has 1 fully saturated rings. The summed E-state index contributed by atoms with van der Waals surface area (Å²) in [5, 5.41) is 2.58. The first-order valence-electron chi connectivity index (χ1n) is 4.95. The van der Waals surface area contributed by atoms with Crippen molar-refractivity contribution >= 4 is 15.9 Å². The summed E-state index contributed by atoms with van der Waals surface area (Å²) in [6.45, 7) is 0.515. The minimum Gasteiger partial charge on any atom is -0.355 e. The Hall–Kier alpha value is -1.40. The van der Waals surface area contributed by atoms with E-state index >= 15 is 0 Å². The lowest BCUT2D eigenvalue weighted by Crippen LogP contribution is -2.40. The van der Waals surface area contributed by atoms with Crippen molar-refractivity contribution in [2.75, 3.05) is 6.54 Å². The molecule has 1 aromatic rings. The van der Waals surface area contributed by atoms with E-state index < -0.39 is 16.1 Å². The van der Waals surface area contributed by atoms with E-state index in [4.69, 9.17) is 0 Å². The largest absolute Gasteiger partial charge is 0.355 e. The Morgan fingerprint density at radius 2 is 1.94 bits per heavy atom. The summed E-state index contributed by atoms with van der Waals surface area (Å²) in [4.78, 5) is 11.4. The van der Waals surface area contributed by atoms with E-state index in [1.165, 1.54) is 12.1 Å². The van der Waals surface area contributed by atoms with Crippen LogP contribution in [0.15, 0.2) is 35.2 Å². The fourth-order valence-corrected chi connectivity index (χ4v) is 2.81. The molecule has 0 bridgehead atoms. The van der Waals surface area contributed by atoms with Crippen LogP contribution in [-0.2, 0) is 14.8 Å². The van der Waals surface area contributed by atoms with Gasteiger partial charge in [0.15, 0.2) is 0 Å². The van der Waals surface area contributed by atoms with Crippen molar-refractivity contribution in [3.63, 3.8) is 0 Å². The first kappa shape index (κ1) is 11.1. The van der Waals surface area contributed by atoms with Gasteiger partial charge in [-0.25, -0.2) is 8.42 Å². The van der Waals surface area contributed by atoms with Gasteiger partial charge < -0.3 is 5.32 Å². The number of benzene rings is 1. The van der Waals surface area contributed by atoms with Gasteiger partial charge in [-0.05, 0) is 18.6 Å². The zero-order chi connectivity index (χ0) is 11.6. The lowest BCUT2D eigenvalue weighted by Gasteiger charge is -2.10. The van der Waals surface area contributed by atoms with Crippen molar-refractivity contribution in [1.82, 2.24) is 10.0 Å². The third kappa shape index (κ3) is 2.23. The molecule has 6 heteroatoms. The van der Waals surface area contributed by atoms with Crippen LogP contribution in [0.4, 0.5) is 0 Å². The predicted octanol–water partition coefficient (Wildman–Crippen LogP) is -0.147. The maximum absolute atomic E-state index is 11.8. The Morgan fingerprint density at radius 3 is 2.50 bits per heavy atom. The van der Waals surface area contributed by atoms with Crippen molar-refractivity contribution in [2.24, 2.45) is 0 Å². The molecule has 1 heterocycles. The lowest BCUT2D eigenvalue weighted by molar-refractivity contribution is -0.120. The van der Waals surface area contributed by atoms with Crippen molar-refractivity contribution in [3.8, 4) is 0 Å². The summed E-state index contributed by atoms with van der Waals surface area (Å²) < 4.78 is 26.1. The average molecular weight is 240 g/mol. The van der Waals surface area contributed by atoms with E-state index in [9.17, 15) is 13.2 Å². The molecular weight excluding hydrogens is 228 g/mol. The van der Waals surface area contributed by atoms with Crippen LogP contribution in [0.3, 0.4) is 0 Å². The number of nitrogens with one attached hydrogen (secondary N) is 2. The molecule has 0 aliphatic carbocycles. The van der Waals surface area contributed by atoms with E-state index in [-0.39, 0.29) is 10.8 Å². The predicted molar refractivity (Wildman–Crippen MR) is 58.2 cm³/mol. The van der Waals surface area contributed by atoms with E-state index in [0.29, 0.717) is 13.0 Å². The molecule has 1 atom stereocenters. The first-order chi connectivity index (χ1) is 7.59. The van der Waals surface area contributed by atoms with Gasteiger partial charge in [-0.1, -0.05) is 18.2 Å². The maximum Gasteiger partial charge on any atom is 0.241 e. The number of carbonyl (C=O) groups is 1. The summed E-state index contributed by atoms with van der Waals surface area (Å²) in [6, 6.07) is 7.36. The molecular formula is C10H12N2O3S. The van der Waals surface area contributed by atoms with Gasteiger partial charge >= 0.3 is 0 Å². The lowest BCUT2D eigenvalue weighted by atomic mass is 10.3. The van der Waals surface area contributed by atoms with Gasteiger partial charge in [0.05, 0.1) is 4.90 Å². The molecule has 2 rings (SSSR count). The Labute approximate surface area is 93.9 Å². The zero-order valence-corrected chi connectivity index (χ0v) is 9.33. The number of rotatable bonds is 3. The third-order valence-electron chi connectivity index (χ3n) is 2.40. The molecule has 16 heavy (non-hydrogen) atoms. The topological polar surface area (TPSA) is 75.3 Å². The van der Waals surface area contributed by atoms with Crippen LogP contribution in [0.5, 0.6) is 0 Å². The summed E-state index contributed by atoms with van der Waals surface area (Å²) in [6.07, 6.45) is 0.491. The van der Waals surface area contributed by atoms with Gasteiger partial charge in [0.2, 0.25) is 15.9 Å². The molecule has 1 aliphatic rings. The fraction of sp³-hybridized carbons (Fsp3) is 0.300. The molecule has 2 N–H and O–H groups in total. The molecule has 1 unspecified atom stereocenters. The summed E-state index contributed by atoms with van der Waals surface area (Å²) in [7, 11) is -3.59. The summed E-state index contributed by atoms with van der Waals surface area (Å²) in [5.41, 5.74) is 0. The molecule has 0 aromatic heterocycles.